The Morgan fingerprint density at radius 3 is 2.33 bits per heavy atom. The maximum absolute atomic E-state index is 13.3. The Hall–Kier alpha value is -4.78. The predicted molar refractivity (Wildman–Crippen MR) is 188 cm³/mol. The number of carbonyl (C=O) groups excluding carboxylic acids is 1. The monoisotopic (exact) mass is 674 g/mol. The van der Waals surface area contributed by atoms with Crippen LogP contribution < -0.4 is 14.2 Å². The van der Waals surface area contributed by atoms with Gasteiger partial charge in [0, 0.05) is 36.5 Å². The van der Waals surface area contributed by atoms with E-state index in [1.54, 1.807) is 32.9 Å². The SMILES string of the molecule is CN(C)S(=O)(=O)Nc1cc([C@@H](O)CN(CCOc2ccc3c(c2)[nH]c2ccccc23)C(=O)OC(C)(C)C)ccc1OCc1ccccc1. The minimum Gasteiger partial charge on any atom is -0.492 e. The molecule has 1 heterocycles. The molecule has 5 aromatic rings. The van der Waals surface area contributed by atoms with E-state index < -0.39 is 28.0 Å². The standard InChI is InChI=1S/C36H42N4O7S/c1-36(2,3)47-35(42)40(19-20-45-27-16-17-29-28-13-9-10-14-30(28)37-31(29)22-27)23-33(41)26-15-18-34(46-24-25-11-7-6-8-12-25)32(21-26)38-48(43,44)39(4)5/h6-18,21-22,33,37-38,41H,19-20,23-24H2,1-5H3/t33-/m0/s1. The Bertz CT molecular complexity index is 1970. The second kappa shape index (κ2) is 14.5. The van der Waals surface area contributed by atoms with E-state index in [0.29, 0.717) is 11.3 Å². The van der Waals surface area contributed by atoms with Gasteiger partial charge in [-0.25, -0.2) is 4.79 Å². The minimum atomic E-state index is -3.90. The number of carbonyl (C=O) groups is 1. The smallest absolute Gasteiger partial charge is 0.410 e. The first-order chi connectivity index (χ1) is 22.8. The van der Waals surface area contributed by atoms with Crippen molar-refractivity contribution >= 4 is 43.8 Å². The summed E-state index contributed by atoms with van der Waals surface area (Å²) in [5, 5.41) is 13.6. The van der Waals surface area contributed by atoms with Crippen LogP contribution in [0.2, 0.25) is 0 Å². The van der Waals surface area contributed by atoms with Crippen LogP contribution in [0.15, 0.2) is 91.0 Å². The number of para-hydroxylation sites is 1. The number of nitrogens with one attached hydrogen (secondary N) is 2. The summed E-state index contributed by atoms with van der Waals surface area (Å²) in [4.78, 5) is 18.0. The van der Waals surface area contributed by atoms with Crippen molar-refractivity contribution in [3.05, 3.63) is 102 Å². The van der Waals surface area contributed by atoms with Crippen molar-refractivity contribution in [1.82, 2.24) is 14.2 Å². The number of aromatic nitrogens is 1. The molecule has 0 fully saturated rings. The maximum Gasteiger partial charge on any atom is 0.410 e. The normalized spacial score (nSPS) is 12.6. The molecule has 1 amide bonds. The van der Waals surface area contributed by atoms with E-state index >= 15 is 0 Å². The molecule has 0 spiro atoms. The number of nitrogens with zero attached hydrogens (tertiary/aromatic N) is 2. The van der Waals surface area contributed by atoms with E-state index in [0.717, 1.165) is 31.7 Å². The van der Waals surface area contributed by atoms with Gasteiger partial charge < -0.3 is 29.2 Å². The van der Waals surface area contributed by atoms with Gasteiger partial charge in [0.2, 0.25) is 0 Å². The van der Waals surface area contributed by atoms with Crippen LogP contribution in [0.5, 0.6) is 11.5 Å². The quantitative estimate of drug-likeness (QED) is 0.130. The van der Waals surface area contributed by atoms with Gasteiger partial charge in [0.15, 0.2) is 0 Å². The first-order valence-electron chi connectivity index (χ1n) is 15.6. The van der Waals surface area contributed by atoms with Crippen LogP contribution in [-0.2, 0) is 21.6 Å². The van der Waals surface area contributed by atoms with Gasteiger partial charge in [-0.3, -0.25) is 4.72 Å². The van der Waals surface area contributed by atoms with Crippen LogP contribution in [0.4, 0.5) is 10.5 Å². The Morgan fingerprint density at radius 1 is 0.896 bits per heavy atom. The van der Waals surface area contributed by atoms with Gasteiger partial charge in [-0.05, 0) is 62.2 Å². The Balaban J connectivity index is 1.32. The zero-order chi connectivity index (χ0) is 34.5. The van der Waals surface area contributed by atoms with Crippen LogP contribution in [0, 0.1) is 0 Å². The Morgan fingerprint density at radius 2 is 1.60 bits per heavy atom. The molecule has 0 aliphatic heterocycles. The van der Waals surface area contributed by atoms with E-state index in [9.17, 15) is 18.3 Å². The van der Waals surface area contributed by atoms with Crippen molar-refractivity contribution in [2.24, 2.45) is 0 Å². The van der Waals surface area contributed by atoms with Gasteiger partial charge in [0.25, 0.3) is 0 Å². The molecule has 0 saturated carbocycles. The van der Waals surface area contributed by atoms with E-state index in [2.05, 4.69) is 15.8 Å². The maximum atomic E-state index is 13.3. The van der Waals surface area contributed by atoms with E-state index in [1.165, 1.54) is 25.1 Å². The second-order valence-corrected chi connectivity index (χ2v) is 14.5. The summed E-state index contributed by atoms with van der Waals surface area (Å²) in [6.07, 6.45) is -1.81. The van der Waals surface area contributed by atoms with Crippen LogP contribution in [-0.4, -0.2) is 73.2 Å². The fourth-order valence-corrected chi connectivity index (χ4v) is 5.64. The first-order valence-corrected chi connectivity index (χ1v) is 17.0. The van der Waals surface area contributed by atoms with Gasteiger partial charge in [-0.1, -0.05) is 54.6 Å². The Kier molecular flexibility index (Phi) is 10.5. The van der Waals surface area contributed by atoms with Gasteiger partial charge in [0.1, 0.15) is 30.3 Å². The second-order valence-electron chi connectivity index (χ2n) is 12.6. The highest BCUT2D eigenvalue weighted by atomic mass is 32.2. The summed E-state index contributed by atoms with van der Waals surface area (Å²) in [6.45, 7) is 5.63. The number of rotatable bonds is 13. The van der Waals surface area contributed by atoms with Gasteiger partial charge in [-0.2, -0.15) is 12.7 Å². The molecule has 0 radical (unpaired) electrons. The van der Waals surface area contributed by atoms with Crippen molar-refractivity contribution in [2.75, 3.05) is 38.5 Å². The Labute approximate surface area is 281 Å². The summed E-state index contributed by atoms with van der Waals surface area (Å²) in [7, 11) is -1.08. The molecule has 3 N–H and O–H groups in total. The number of anilines is 1. The molecule has 0 saturated heterocycles. The van der Waals surface area contributed by atoms with Gasteiger partial charge >= 0.3 is 16.3 Å². The lowest BCUT2D eigenvalue weighted by Gasteiger charge is -2.29. The third-order valence-corrected chi connectivity index (χ3v) is 8.94. The number of aliphatic hydroxyl groups excluding tert-OH is 1. The van der Waals surface area contributed by atoms with E-state index in [1.807, 2.05) is 66.7 Å². The summed E-state index contributed by atoms with van der Waals surface area (Å²) < 4.78 is 46.8. The number of hydrogen-bond acceptors (Lipinski definition) is 7. The van der Waals surface area contributed by atoms with Crippen molar-refractivity contribution in [3.8, 4) is 11.5 Å². The largest absolute Gasteiger partial charge is 0.492 e. The van der Waals surface area contributed by atoms with Gasteiger partial charge in [-0.15, -0.1) is 0 Å². The number of H-pyrrole nitrogens is 1. The number of hydrogen-bond donors (Lipinski definition) is 3. The van der Waals surface area contributed by atoms with Crippen LogP contribution >= 0.6 is 0 Å². The summed E-state index contributed by atoms with van der Waals surface area (Å²) in [5.74, 6) is 0.909. The molecule has 48 heavy (non-hydrogen) atoms. The van der Waals surface area contributed by atoms with Crippen LogP contribution in [0.25, 0.3) is 21.8 Å². The fraction of sp³-hybridized carbons (Fsp3) is 0.306. The third kappa shape index (κ3) is 8.77. The molecule has 0 aliphatic rings. The molecule has 0 unspecified atom stereocenters. The minimum absolute atomic E-state index is 0.120. The number of amides is 1. The highest BCUT2D eigenvalue weighted by Crippen LogP contribution is 2.31. The summed E-state index contributed by atoms with van der Waals surface area (Å²) in [6, 6.07) is 28.0. The number of aromatic amines is 1. The zero-order valence-electron chi connectivity index (χ0n) is 27.8. The molecule has 254 valence electrons. The summed E-state index contributed by atoms with van der Waals surface area (Å²) >= 11 is 0. The number of aliphatic hydroxyl groups is 1. The van der Waals surface area contributed by atoms with Crippen molar-refractivity contribution in [3.63, 3.8) is 0 Å². The number of fused-ring (bicyclic) bond motifs is 3. The molecule has 4 aromatic carbocycles. The van der Waals surface area contributed by atoms with Crippen molar-refractivity contribution in [2.45, 2.75) is 39.1 Å². The highest BCUT2D eigenvalue weighted by molar-refractivity contribution is 7.90. The number of ether oxygens (including phenoxy) is 3. The highest BCUT2D eigenvalue weighted by Gasteiger charge is 2.26. The van der Waals surface area contributed by atoms with Gasteiger partial charge in [0.05, 0.1) is 30.4 Å². The lowest BCUT2D eigenvalue weighted by molar-refractivity contribution is 0.0117. The molecule has 0 aliphatic carbocycles. The third-order valence-electron chi connectivity index (χ3n) is 7.50. The number of benzene rings is 4. The van der Waals surface area contributed by atoms with Crippen LogP contribution in [0.3, 0.4) is 0 Å². The van der Waals surface area contributed by atoms with E-state index in [4.69, 9.17) is 14.2 Å². The average Bonchev–Trinajstić information content (AvgIpc) is 3.41. The molecule has 0 bridgehead atoms. The molecular formula is C36H42N4O7S. The zero-order valence-corrected chi connectivity index (χ0v) is 28.6. The predicted octanol–water partition coefficient (Wildman–Crippen LogP) is 6.47. The molecule has 11 nitrogen and oxygen atoms in total. The fourth-order valence-electron chi connectivity index (χ4n) is 5.02. The lowest BCUT2D eigenvalue weighted by Crippen LogP contribution is -2.41. The topological polar surface area (TPSA) is 133 Å². The van der Waals surface area contributed by atoms with E-state index in [-0.39, 0.29) is 37.7 Å². The van der Waals surface area contributed by atoms with Crippen molar-refractivity contribution in [1.29, 1.82) is 0 Å². The first kappa shape index (κ1) is 34.6. The molecule has 12 heteroatoms. The molecule has 1 aromatic heterocycles. The molecular weight excluding hydrogens is 632 g/mol. The molecule has 5 rings (SSSR count). The average molecular weight is 675 g/mol. The lowest BCUT2D eigenvalue weighted by atomic mass is 10.1. The molecule has 1 atom stereocenters. The summed E-state index contributed by atoms with van der Waals surface area (Å²) in [5.41, 5.74) is 2.62. The van der Waals surface area contributed by atoms with Crippen LogP contribution in [0.1, 0.15) is 38.0 Å². The van der Waals surface area contributed by atoms with Crippen molar-refractivity contribution < 1.29 is 32.5 Å².